The minimum Gasteiger partial charge on any atom is -0.497 e. The Bertz CT molecular complexity index is 582. The third-order valence-corrected chi connectivity index (χ3v) is 5.45. The van der Waals surface area contributed by atoms with Crippen molar-refractivity contribution < 1.29 is 9.47 Å². The van der Waals surface area contributed by atoms with Crippen LogP contribution in [0.15, 0.2) is 36.4 Å². The van der Waals surface area contributed by atoms with E-state index in [2.05, 4.69) is 50.2 Å². The van der Waals surface area contributed by atoms with Gasteiger partial charge in [-0.2, -0.15) is 0 Å². The third kappa shape index (κ3) is 4.61. The summed E-state index contributed by atoms with van der Waals surface area (Å²) in [5.74, 6) is 1.90. The number of hydrogen-bond donors (Lipinski definition) is 0. The van der Waals surface area contributed by atoms with Crippen LogP contribution in [0.4, 0.5) is 0 Å². The van der Waals surface area contributed by atoms with Gasteiger partial charge in [-0.1, -0.05) is 49.2 Å². The third-order valence-electron chi connectivity index (χ3n) is 3.93. The van der Waals surface area contributed by atoms with Gasteiger partial charge in [0.15, 0.2) is 0 Å². The fourth-order valence-corrected chi connectivity index (χ4v) is 4.07. The molecule has 0 heterocycles. The van der Waals surface area contributed by atoms with E-state index in [-0.39, 0.29) is 0 Å². The molecule has 2 rings (SSSR count). The van der Waals surface area contributed by atoms with Gasteiger partial charge in [0.05, 0.1) is 14.2 Å². The molecule has 2 aromatic carbocycles. The monoisotopic (exact) mass is 326 g/mol. The molecule has 0 spiro atoms. The molecule has 23 heavy (non-hydrogen) atoms. The molecule has 0 saturated heterocycles. The van der Waals surface area contributed by atoms with Crippen LogP contribution in [-0.4, -0.2) is 23.7 Å². The second-order valence-corrected chi connectivity index (χ2v) is 7.00. The van der Waals surface area contributed by atoms with Gasteiger partial charge in [0.2, 0.25) is 0 Å². The molecule has 0 unspecified atom stereocenters. The smallest absolute Gasteiger partial charge is 0.122 e. The minimum atomic E-state index is 0.679. The zero-order valence-electron chi connectivity index (χ0n) is 14.6. The van der Waals surface area contributed by atoms with Crippen LogP contribution in [0, 0.1) is 0 Å². The zero-order chi connectivity index (χ0) is 16.7. The van der Waals surface area contributed by atoms with E-state index >= 15 is 0 Å². The molecule has 0 aliphatic rings. The second-order valence-electron chi connectivity index (χ2n) is 5.67. The van der Waals surface area contributed by atoms with E-state index in [1.54, 1.807) is 14.2 Å². The molecule has 3 heteroatoms. The number of methoxy groups -OCH3 is 2. The first kappa shape index (κ1) is 17.6. The maximum atomic E-state index is 5.39. The number of aryl methyl sites for hydroxylation is 2. The lowest BCUT2D eigenvalue weighted by Gasteiger charge is -2.14. The molecule has 0 amide bonds. The van der Waals surface area contributed by atoms with Gasteiger partial charge in [-0.3, -0.25) is 0 Å². The van der Waals surface area contributed by atoms with Gasteiger partial charge in [0.1, 0.15) is 21.0 Å². The van der Waals surface area contributed by atoms with E-state index in [9.17, 15) is 0 Å². The van der Waals surface area contributed by atoms with Crippen molar-refractivity contribution in [1.29, 1.82) is 0 Å². The summed E-state index contributed by atoms with van der Waals surface area (Å²) < 4.78 is 10.8. The average molecular weight is 327 g/mol. The molecule has 2 aromatic rings. The molecule has 0 fully saturated rings. The van der Waals surface area contributed by atoms with Gasteiger partial charge < -0.3 is 9.47 Å². The summed E-state index contributed by atoms with van der Waals surface area (Å²) in [4.78, 5) is 0. The van der Waals surface area contributed by atoms with Gasteiger partial charge in [0, 0.05) is 0 Å². The molecular weight excluding hydrogens is 300 g/mol. The van der Waals surface area contributed by atoms with Crippen LogP contribution in [0.5, 0.6) is 11.5 Å². The van der Waals surface area contributed by atoms with Crippen molar-refractivity contribution in [1.82, 2.24) is 0 Å². The summed E-state index contributed by atoms with van der Waals surface area (Å²) in [5.41, 5.74) is 2.81. The highest BCUT2D eigenvalue weighted by Gasteiger charge is 2.10. The summed E-state index contributed by atoms with van der Waals surface area (Å²) in [6.07, 6.45) is 4.49. The second kappa shape index (κ2) is 8.78. The van der Waals surface area contributed by atoms with Crippen LogP contribution in [-0.2, 0) is 12.8 Å². The Morgan fingerprint density at radius 2 is 1.17 bits per heavy atom. The molecule has 0 aromatic heterocycles. The van der Waals surface area contributed by atoms with Crippen molar-refractivity contribution in [3.8, 4) is 11.5 Å². The highest BCUT2D eigenvalue weighted by Crippen LogP contribution is 2.15. The van der Waals surface area contributed by atoms with E-state index in [0.717, 1.165) is 37.2 Å². The van der Waals surface area contributed by atoms with Crippen molar-refractivity contribution in [2.45, 2.75) is 39.5 Å². The number of hydrogen-bond acceptors (Lipinski definition) is 2. The van der Waals surface area contributed by atoms with Gasteiger partial charge in [-0.25, -0.2) is 0 Å². The fraction of sp³-hybridized carbons (Fsp3) is 0.400. The van der Waals surface area contributed by atoms with Crippen LogP contribution in [0.25, 0.3) is 0 Å². The van der Waals surface area contributed by atoms with E-state index in [4.69, 9.17) is 9.47 Å². The lowest BCUT2D eigenvalue weighted by atomic mass is 10.1. The van der Waals surface area contributed by atoms with Crippen LogP contribution in [0.2, 0.25) is 0 Å². The first-order valence-corrected chi connectivity index (χ1v) is 9.32. The Morgan fingerprint density at radius 3 is 1.52 bits per heavy atom. The normalized spacial score (nSPS) is 10.6. The minimum absolute atomic E-state index is 0.679. The standard InChI is InChI=1S/C20H26O2Si/c1-5-7-15-13-17(21-3)9-11-19(15)23-20-12-10-18(22-4)14-16(20)8-6-2/h9-14H,5-8H2,1-4H3. The van der Waals surface area contributed by atoms with Crippen molar-refractivity contribution in [2.24, 2.45) is 0 Å². The molecule has 0 bridgehead atoms. The maximum absolute atomic E-state index is 5.39. The first-order valence-electron chi connectivity index (χ1n) is 8.32. The predicted molar refractivity (Wildman–Crippen MR) is 99.0 cm³/mol. The van der Waals surface area contributed by atoms with Gasteiger partial charge in [-0.15, -0.1) is 0 Å². The fourth-order valence-electron chi connectivity index (χ4n) is 2.74. The Kier molecular flexibility index (Phi) is 6.72. The first-order chi connectivity index (χ1) is 11.2. The quantitative estimate of drug-likeness (QED) is 0.693. The average Bonchev–Trinajstić information content (AvgIpc) is 2.58. The molecule has 0 aliphatic carbocycles. The molecule has 0 atom stereocenters. The van der Waals surface area contributed by atoms with E-state index in [0.29, 0.717) is 9.52 Å². The topological polar surface area (TPSA) is 18.5 Å². The number of ether oxygens (including phenoxy) is 2. The lowest BCUT2D eigenvalue weighted by molar-refractivity contribution is 0.414. The van der Waals surface area contributed by atoms with E-state index in [1.807, 2.05) is 0 Å². The largest absolute Gasteiger partial charge is 0.497 e. The van der Waals surface area contributed by atoms with E-state index in [1.165, 1.54) is 21.5 Å². The van der Waals surface area contributed by atoms with Crippen LogP contribution in [0.3, 0.4) is 0 Å². The molecule has 2 radical (unpaired) electrons. The Balaban J connectivity index is 2.34. The highest BCUT2D eigenvalue weighted by atomic mass is 28.2. The molecule has 2 nitrogen and oxygen atoms in total. The Morgan fingerprint density at radius 1 is 0.739 bits per heavy atom. The molecule has 0 N–H and O–H groups in total. The summed E-state index contributed by atoms with van der Waals surface area (Å²) in [5, 5.41) is 2.85. The molecule has 122 valence electrons. The highest BCUT2D eigenvalue weighted by molar-refractivity contribution is 6.68. The summed E-state index contributed by atoms with van der Waals surface area (Å²) in [6.45, 7) is 4.45. The van der Waals surface area contributed by atoms with Crippen LogP contribution < -0.4 is 19.8 Å². The zero-order valence-corrected chi connectivity index (χ0v) is 15.6. The van der Waals surface area contributed by atoms with Crippen molar-refractivity contribution in [2.75, 3.05) is 14.2 Å². The van der Waals surface area contributed by atoms with Crippen LogP contribution >= 0.6 is 0 Å². The maximum Gasteiger partial charge on any atom is 0.122 e. The Hall–Kier alpha value is -1.74. The van der Waals surface area contributed by atoms with Gasteiger partial charge in [0.25, 0.3) is 0 Å². The van der Waals surface area contributed by atoms with Crippen molar-refractivity contribution in [3.05, 3.63) is 47.5 Å². The summed E-state index contributed by atoms with van der Waals surface area (Å²) in [7, 11) is 4.14. The van der Waals surface area contributed by atoms with Crippen molar-refractivity contribution in [3.63, 3.8) is 0 Å². The molecule has 0 aliphatic heterocycles. The predicted octanol–water partition coefficient (Wildman–Crippen LogP) is 3.26. The lowest BCUT2D eigenvalue weighted by Crippen LogP contribution is -2.32. The SMILES string of the molecule is CCCc1cc(OC)ccc1[Si]c1ccc(OC)cc1CCC. The van der Waals surface area contributed by atoms with Crippen LogP contribution in [0.1, 0.15) is 37.8 Å². The number of benzene rings is 2. The van der Waals surface area contributed by atoms with Crippen molar-refractivity contribution >= 4 is 19.9 Å². The van der Waals surface area contributed by atoms with Gasteiger partial charge in [-0.05, 0) is 48.2 Å². The molecular formula is C20H26O2Si. The summed E-state index contributed by atoms with van der Waals surface area (Å²) in [6, 6.07) is 13.0. The molecule has 0 saturated carbocycles. The van der Waals surface area contributed by atoms with Gasteiger partial charge >= 0.3 is 0 Å². The Labute approximate surface area is 142 Å². The number of rotatable bonds is 8. The van der Waals surface area contributed by atoms with E-state index < -0.39 is 0 Å². The summed E-state index contributed by atoms with van der Waals surface area (Å²) >= 11 is 0.